The third-order valence-electron chi connectivity index (χ3n) is 2.86. The van der Waals surface area contributed by atoms with Crippen LogP contribution in [0.1, 0.15) is 18.7 Å². The van der Waals surface area contributed by atoms with Gasteiger partial charge in [-0.2, -0.15) is 0 Å². The summed E-state index contributed by atoms with van der Waals surface area (Å²) in [6, 6.07) is 6.51. The lowest BCUT2D eigenvalue weighted by Gasteiger charge is -2.32. The van der Waals surface area contributed by atoms with E-state index in [0.717, 1.165) is 36.5 Å². The Kier molecular flexibility index (Phi) is 8.33. The van der Waals surface area contributed by atoms with Gasteiger partial charge in [0.05, 0.1) is 5.69 Å². The highest BCUT2D eigenvalue weighted by Crippen LogP contribution is 2.19. The van der Waals surface area contributed by atoms with Crippen LogP contribution in [0.3, 0.4) is 0 Å². The zero-order valence-electron chi connectivity index (χ0n) is 9.73. The van der Waals surface area contributed by atoms with Crippen LogP contribution in [0.15, 0.2) is 22.8 Å². The van der Waals surface area contributed by atoms with E-state index in [1.807, 2.05) is 12.1 Å². The molecular weight excluding hydrogens is 325 g/mol. The van der Waals surface area contributed by atoms with Gasteiger partial charge in [-0.05, 0) is 35.0 Å². The first-order chi connectivity index (χ1) is 7.27. The summed E-state index contributed by atoms with van der Waals surface area (Å²) in [6.45, 7) is 6.60. The van der Waals surface area contributed by atoms with Gasteiger partial charge in [-0.25, -0.2) is 4.98 Å². The summed E-state index contributed by atoms with van der Waals surface area (Å²) in [5.41, 5.74) is 1.14. The summed E-state index contributed by atoms with van der Waals surface area (Å²) >= 11 is 3.41. The summed E-state index contributed by atoms with van der Waals surface area (Å²) in [7, 11) is 0. The molecule has 0 aromatic carbocycles. The van der Waals surface area contributed by atoms with Crippen LogP contribution in [-0.2, 0) is 0 Å². The molecule has 0 aliphatic carbocycles. The maximum absolute atomic E-state index is 4.50. The van der Waals surface area contributed by atoms with Gasteiger partial charge in [-0.3, -0.25) is 4.90 Å². The summed E-state index contributed by atoms with van der Waals surface area (Å²) in [4.78, 5) is 6.97. The highest BCUT2D eigenvalue weighted by Gasteiger charge is 2.18. The highest BCUT2D eigenvalue weighted by molar-refractivity contribution is 9.10. The van der Waals surface area contributed by atoms with Crippen molar-refractivity contribution >= 4 is 40.7 Å². The van der Waals surface area contributed by atoms with Crippen molar-refractivity contribution in [1.29, 1.82) is 0 Å². The maximum atomic E-state index is 4.50. The van der Waals surface area contributed by atoms with Gasteiger partial charge < -0.3 is 5.32 Å². The molecule has 17 heavy (non-hydrogen) atoms. The largest absolute Gasteiger partial charge is 0.314 e. The molecule has 1 aromatic rings. The Balaban J connectivity index is 0.00000128. The number of aromatic nitrogens is 1. The van der Waals surface area contributed by atoms with E-state index in [2.05, 4.69) is 44.1 Å². The van der Waals surface area contributed by atoms with Gasteiger partial charge in [0, 0.05) is 32.2 Å². The second-order valence-corrected chi connectivity index (χ2v) is 4.66. The molecule has 0 amide bonds. The van der Waals surface area contributed by atoms with Crippen LogP contribution in [0, 0.1) is 0 Å². The molecule has 6 heteroatoms. The van der Waals surface area contributed by atoms with Crippen LogP contribution in [-0.4, -0.2) is 36.1 Å². The predicted octanol–water partition coefficient (Wildman–Crippen LogP) is 2.65. The van der Waals surface area contributed by atoms with Crippen molar-refractivity contribution in [3.63, 3.8) is 0 Å². The normalized spacial score (nSPS) is 17.8. The molecule has 0 saturated carbocycles. The van der Waals surface area contributed by atoms with Crippen LogP contribution in [0.4, 0.5) is 0 Å². The van der Waals surface area contributed by atoms with E-state index in [9.17, 15) is 0 Å². The molecule has 0 bridgehead atoms. The highest BCUT2D eigenvalue weighted by atomic mass is 79.9. The van der Waals surface area contributed by atoms with Gasteiger partial charge in [-0.1, -0.05) is 6.07 Å². The van der Waals surface area contributed by atoms with Crippen molar-refractivity contribution in [3.05, 3.63) is 28.5 Å². The quantitative estimate of drug-likeness (QED) is 0.837. The average molecular weight is 343 g/mol. The van der Waals surface area contributed by atoms with E-state index in [0.29, 0.717) is 6.04 Å². The maximum Gasteiger partial charge on any atom is 0.106 e. The molecule has 0 unspecified atom stereocenters. The Morgan fingerprint density at radius 3 is 2.53 bits per heavy atom. The second-order valence-electron chi connectivity index (χ2n) is 3.85. The standard InChI is InChI=1S/C11H16BrN3.2ClH/c1-9(15-7-5-13-6-8-15)10-3-2-4-11(12)14-10;;/h2-4,9,13H,5-8H2,1H3;2*1H/t9-;;/m1../s1. The summed E-state index contributed by atoms with van der Waals surface area (Å²) < 4.78 is 0.919. The van der Waals surface area contributed by atoms with Gasteiger partial charge in [-0.15, -0.1) is 24.8 Å². The topological polar surface area (TPSA) is 28.2 Å². The molecule has 1 fully saturated rings. The van der Waals surface area contributed by atoms with E-state index in [1.165, 1.54) is 0 Å². The summed E-state index contributed by atoms with van der Waals surface area (Å²) in [5, 5.41) is 3.36. The van der Waals surface area contributed by atoms with Crippen molar-refractivity contribution in [2.24, 2.45) is 0 Å². The van der Waals surface area contributed by atoms with Crippen LogP contribution < -0.4 is 5.32 Å². The minimum absolute atomic E-state index is 0. The SMILES string of the molecule is C[C@H](c1cccc(Br)n1)N1CCNCC1.Cl.Cl. The average Bonchev–Trinajstić information content (AvgIpc) is 2.29. The molecule has 1 aromatic heterocycles. The monoisotopic (exact) mass is 341 g/mol. The Morgan fingerprint density at radius 2 is 1.94 bits per heavy atom. The molecule has 1 saturated heterocycles. The van der Waals surface area contributed by atoms with Gasteiger partial charge in [0.2, 0.25) is 0 Å². The van der Waals surface area contributed by atoms with Crippen molar-refractivity contribution < 1.29 is 0 Å². The molecule has 3 nitrogen and oxygen atoms in total. The van der Waals surface area contributed by atoms with E-state index >= 15 is 0 Å². The van der Waals surface area contributed by atoms with E-state index < -0.39 is 0 Å². The Hall–Kier alpha value is 0.130. The fraction of sp³-hybridized carbons (Fsp3) is 0.545. The van der Waals surface area contributed by atoms with E-state index in [4.69, 9.17) is 0 Å². The van der Waals surface area contributed by atoms with Crippen molar-refractivity contribution in [3.8, 4) is 0 Å². The number of piperazine rings is 1. The first-order valence-electron chi connectivity index (χ1n) is 5.34. The lowest BCUT2D eigenvalue weighted by Crippen LogP contribution is -2.44. The lowest BCUT2D eigenvalue weighted by molar-refractivity contribution is 0.182. The number of halogens is 3. The van der Waals surface area contributed by atoms with Crippen LogP contribution >= 0.6 is 40.7 Å². The minimum atomic E-state index is 0. The smallest absolute Gasteiger partial charge is 0.106 e. The van der Waals surface area contributed by atoms with Gasteiger partial charge >= 0.3 is 0 Å². The zero-order valence-corrected chi connectivity index (χ0v) is 12.9. The molecule has 98 valence electrons. The number of rotatable bonds is 2. The van der Waals surface area contributed by atoms with Gasteiger partial charge in [0.25, 0.3) is 0 Å². The van der Waals surface area contributed by atoms with Crippen LogP contribution in [0.25, 0.3) is 0 Å². The third-order valence-corrected chi connectivity index (χ3v) is 3.31. The van der Waals surface area contributed by atoms with Gasteiger partial charge in [0.1, 0.15) is 4.60 Å². The number of hydrogen-bond donors (Lipinski definition) is 1. The Bertz CT molecular complexity index is 332. The molecule has 0 spiro atoms. The Labute approximate surface area is 123 Å². The minimum Gasteiger partial charge on any atom is -0.314 e. The summed E-state index contributed by atoms with van der Waals surface area (Å²) in [5.74, 6) is 0. The number of nitrogens with zero attached hydrogens (tertiary/aromatic N) is 2. The number of pyridine rings is 1. The Morgan fingerprint density at radius 1 is 1.29 bits per heavy atom. The first kappa shape index (κ1) is 17.1. The van der Waals surface area contributed by atoms with Crippen LogP contribution in [0.5, 0.6) is 0 Å². The molecule has 1 aliphatic rings. The molecule has 2 rings (SSSR count). The zero-order chi connectivity index (χ0) is 10.7. The van der Waals surface area contributed by atoms with Crippen molar-refractivity contribution in [2.45, 2.75) is 13.0 Å². The van der Waals surface area contributed by atoms with Crippen molar-refractivity contribution in [2.75, 3.05) is 26.2 Å². The molecule has 1 aliphatic heterocycles. The van der Waals surface area contributed by atoms with E-state index in [1.54, 1.807) is 0 Å². The first-order valence-corrected chi connectivity index (χ1v) is 6.14. The van der Waals surface area contributed by atoms with E-state index in [-0.39, 0.29) is 24.8 Å². The van der Waals surface area contributed by atoms with Crippen molar-refractivity contribution in [1.82, 2.24) is 15.2 Å². The predicted molar refractivity (Wildman–Crippen MR) is 79.3 cm³/mol. The molecule has 0 radical (unpaired) electrons. The second kappa shape index (κ2) is 8.27. The number of nitrogens with one attached hydrogen (secondary N) is 1. The lowest BCUT2D eigenvalue weighted by atomic mass is 10.1. The van der Waals surface area contributed by atoms with Crippen LogP contribution in [0.2, 0.25) is 0 Å². The van der Waals surface area contributed by atoms with Gasteiger partial charge in [0.15, 0.2) is 0 Å². The molecular formula is C11H18BrCl2N3. The molecule has 1 N–H and O–H groups in total. The number of hydrogen-bond acceptors (Lipinski definition) is 3. The molecule has 2 heterocycles. The fourth-order valence-corrected chi connectivity index (χ4v) is 2.27. The molecule has 1 atom stereocenters. The summed E-state index contributed by atoms with van der Waals surface area (Å²) in [6.07, 6.45) is 0. The third kappa shape index (κ3) is 4.72. The fourth-order valence-electron chi connectivity index (χ4n) is 1.91.